The van der Waals surface area contributed by atoms with Gasteiger partial charge in [-0.2, -0.15) is 5.26 Å². The van der Waals surface area contributed by atoms with Gasteiger partial charge in [-0.1, -0.05) is 19.9 Å². The molecule has 0 N–H and O–H groups in total. The highest BCUT2D eigenvalue weighted by molar-refractivity contribution is 6.62. The molecule has 0 spiro atoms. The highest BCUT2D eigenvalue weighted by Gasteiger charge is 2.34. The van der Waals surface area contributed by atoms with E-state index in [4.69, 9.17) is 28.8 Å². The average Bonchev–Trinajstić information content (AvgIpc) is 2.69. The van der Waals surface area contributed by atoms with Gasteiger partial charge in [0.05, 0.1) is 18.2 Å². The summed E-state index contributed by atoms with van der Waals surface area (Å²) in [6, 6.07) is 14.8. The van der Waals surface area contributed by atoms with Crippen molar-refractivity contribution in [3.05, 3.63) is 53.6 Å². The van der Waals surface area contributed by atoms with Crippen molar-refractivity contribution in [1.82, 2.24) is 0 Å². The lowest BCUT2D eigenvalue weighted by atomic mass is 9.73. The molecule has 0 unspecified atom stereocenters. The van der Waals surface area contributed by atoms with Crippen LogP contribution in [0.1, 0.15) is 25.0 Å². The molecule has 1 aliphatic heterocycles. The second kappa shape index (κ2) is 9.22. The SMILES string of the molecule is COCOCc1cc(Oc2ccc(C#N)cc2)ccc1B1OCC(C)(C)CO1. The molecule has 1 heterocycles. The van der Waals surface area contributed by atoms with Gasteiger partial charge in [0.1, 0.15) is 18.3 Å². The lowest BCUT2D eigenvalue weighted by molar-refractivity contribution is -0.0390. The van der Waals surface area contributed by atoms with Crippen molar-refractivity contribution in [2.75, 3.05) is 27.1 Å². The van der Waals surface area contributed by atoms with Crippen LogP contribution in [0, 0.1) is 16.7 Å². The molecule has 0 amide bonds. The van der Waals surface area contributed by atoms with Crippen LogP contribution in [-0.2, 0) is 25.4 Å². The Bertz CT molecular complexity index is 822. The van der Waals surface area contributed by atoms with Crippen molar-refractivity contribution in [3.8, 4) is 17.6 Å². The molecule has 0 aromatic heterocycles. The van der Waals surface area contributed by atoms with Gasteiger partial charge in [0.25, 0.3) is 0 Å². The van der Waals surface area contributed by atoms with E-state index in [-0.39, 0.29) is 12.2 Å². The van der Waals surface area contributed by atoms with Crippen LogP contribution in [0.25, 0.3) is 0 Å². The molecule has 6 nitrogen and oxygen atoms in total. The molecule has 3 rings (SSSR count). The standard InChI is InChI=1S/C21H24BNO5/c1-21(2)13-26-22(27-14-21)20-9-8-19(10-17(20)12-25-15-24-3)28-18-6-4-16(11-23)5-7-18/h4-10H,12-15H2,1-3H3. The molecule has 2 aromatic carbocycles. The Morgan fingerprint density at radius 1 is 1.07 bits per heavy atom. The topological polar surface area (TPSA) is 69.9 Å². The van der Waals surface area contributed by atoms with Gasteiger partial charge in [0.2, 0.25) is 0 Å². The fourth-order valence-corrected chi connectivity index (χ4v) is 2.84. The largest absolute Gasteiger partial charge is 0.494 e. The third-order valence-corrected chi connectivity index (χ3v) is 4.30. The first-order chi connectivity index (χ1) is 13.5. The van der Waals surface area contributed by atoms with E-state index in [1.54, 1.807) is 31.4 Å². The van der Waals surface area contributed by atoms with Gasteiger partial charge in [-0.3, -0.25) is 0 Å². The second-order valence-electron chi connectivity index (χ2n) is 7.47. The fourth-order valence-electron chi connectivity index (χ4n) is 2.84. The zero-order valence-corrected chi connectivity index (χ0v) is 16.4. The van der Waals surface area contributed by atoms with Crippen LogP contribution in [0.5, 0.6) is 11.5 Å². The third-order valence-electron chi connectivity index (χ3n) is 4.30. The van der Waals surface area contributed by atoms with Crippen LogP contribution in [0.3, 0.4) is 0 Å². The number of ether oxygens (including phenoxy) is 3. The van der Waals surface area contributed by atoms with Crippen LogP contribution in [0.4, 0.5) is 0 Å². The minimum atomic E-state index is -0.432. The van der Waals surface area contributed by atoms with Crippen LogP contribution in [0.15, 0.2) is 42.5 Å². The number of nitrogens with zero attached hydrogens (tertiary/aromatic N) is 1. The van der Waals surface area contributed by atoms with E-state index >= 15 is 0 Å². The summed E-state index contributed by atoms with van der Waals surface area (Å²) >= 11 is 0. The molecular weight excluding hydrogens is 357 g/mol. The molecule has 0 atom stereocenters. The van der Waals surface area contributed by atoms with Crippen LogP contribution >= 0.6 is 0 Å². The van der Waals surface area contributed by atoms with Crippen molar-refractivity contribution in [3.63, 3.8) is 0 Å². The van der Waals surface area contributed by atoms with Crippen LogP contribution < -0.4 is 10.2 Å². The van der Waals surface area contributed by atoms with Gasteiger partial charge in [-0.25, -0.2) is 0 Å². The van der Waals surface area contributed by atoms with Gasteiger partial charge in [-0.15, -0.1) is 0 Å². The molecule has 0 bridgehead atoms. The third kappa shape index (κ3) is 5.34. The molecule has 28 heavy (non-hydrogen) atoms. The average molecular weight is 381 g/mol. The number of hydrogen-bond acceptors (Lipinski definition) is 6. The Morgan fingerprint density at radius 3 is 2.39 bits per heavy atom. The molecular formula is C21H24BNO5. The molecule has 0 radical (unpaired) electrons. The Balaban J connectivity index is 1.79. The number of hydrogen-bond donors (Lipinski definition) is 0. The lowest BCUT2D eigenvalue weighted by Crippen LogP contribution is -2.48. The zero-order chi connectivity index (χ0) is 20.0. The first-order valence-corrected chi connectivity index (χ1v) is 9.11. The Kier molecular flexibility index (Phi) is 6.71. The maximum atomic E-state index is 8.91. The van der Waals surface area contributed by atoms with Gasteiger partial charge in [0, 0.05) is 25.7 Å². The molecule has 0 saturated carbocycles. The van der Waals surface area contributed by atoms with E-state index in [2.05, 4.69) is 19.9 Å². The molecule has 0 aliphatic carbocycles. The minimum absolute atomic E-state index is 0.00184. The quantitative estimate of drug-likeness (QED) is 0.417. The van der Waals surface area contributed by atoms with E-state index in [1.165, 1.54) is 0 Å². The lowest BCUT2D eigenvalue weighted by Gasteiger charge is -2.33. The summed E-state index contributed by atoms with van der Waals surface area (Å²) in [4.78, 5) is 0. The van der Waals surface area contributed by atoms with Crippen molar-refractivity contribution in [1.29, 1.82) is 5.26 Å². The first-order valence-electron chi connectivity index (χ1n) is 9.11. The van der Waals surface area contributed by atoms with Gasteiger partial charge < -0.3 is 23.5 Å². The number of rotatable bonds is 7. The van der Waals surface area contributed by atoms with E-state index in [0.717, 1.165) is 11.0 Å². The summed E-state index contributed by atoms with van der Waals surface area (Å²) in [5.74, 6) is 1.32. The van der Waals surface area contributed by atoms with Gasteiger partial charge >= 0.3 is 7.12 Å². The molecule has 146 valence electrons. The predicted octanol–water partition coefficient (Wildman–Crippen LogP) is 3.24. The van der Waals surface area contributed by atoms with E-state index in [9.17, 15) is 0 Å². The highest BCUT2D eigenvalue weighted by Crippen LogP contribution is 2.25. The number of methoxy groups -OCH3 is 1. The fraction of sp³-hybridized carbons (Fsp3) is 0.381. The van der Waals surface area contributed by atoms with Gasteiger partial charge in [0.15, 0.2) is 0 Å². The first kappa shape index (κ1) is 20.4. The van der Waals surface area contributed by atoms with Crippen molar-refractivity contribution in [2.45, 2.75) is 20.5 Å². The monoisotopic (exact) mass is 381 g/mol. The van der Waals surface area contributed by atoms with E-state index < -0.39 is 7.12 Å². The smallest absolute Gasteiger partial charge is 0.457 e. The minimum Gasteiger partial charge on any atom is -0.457 e. The molecule has 1 saturated heterocycles. The normalized spacial score (nSPS) is 15.9. The Morgan fingerprint density at radius 2 is 1.75 bits per heavy atom. The van der Waals surface area contributed by atoms with Crippen LogP contribution in [-0.4, -0.2) is 34.2 Å². The number of benzene rings is 2. The highest BCUT2D eigenvalue weighted by atomic mass is 16.7. The summed E-state index contributed by atoms with van der Waals surface area (Å²) in [5, 5.41) is 8.91. The van der Waals surface area contributed by atoms with Gasteiger partial charge in [-0.05, 0) is 47.4 Å². The van der Waals surface area contributed by atoms with Crippen molar-refractivity contribution < 1.29 is 23.5 Å². The summed E-state index contributed by atoms with van der Waals surface area (Å²) in [5.41, 5.74) is 2.42. The molecule has 2 aromatic rings. The van der Waals surface area contributed by atoms with Crippen LogP contribution in [0.2, 0.25) is 0 Å². The Hall–Kier alpha value is -2.37. The summed E-state index contributed by atoms with van der Waals surface area (Å²) in [6.07, 6.45) is 0. The predicted molar refractivity (Wildman–Crippen MR) is 105 cm³/mol. The number of nitriles is 1. The zero-order valence-electron chi connectivity index (χ0n) is 16.4. The van der Waals surface area contributed by atoms with Crippen molar-refractivity contribution in [2.24, 2.45) is 5.41 Å². The molecule has 1 fully saturated rings. The maximum absolute atomic E-state index is 8.91. The van der Waals surface area contributed by atoms with E-state index in [0.29, 0.717) is 36.9 Å². The summed E-state index contributed by atoms with van der Waals surface area (Å²) in [6.45, 7) is 6.01. The maximum Gasteiger partial charge on any atom is 0.494 e. The Labute approximate surface area is 166 Å². The van der Waals surface area contributed by atoms with Crippen molar-refractivity contribution >= 4 is 12.6 Å². The summed E-state index contributed by atoms with van der Waals surface area (Å²) < 4.78 is 28.3. The molecule has 1 aliphatic rings. The van der Waals surface area contributed by atoms with E-state index in [1.807, 2.05) is 18.2 Å². The molecule has 7 heteroatoms. The summed E-state index contributed by atoms with van der Waals surface area (Å²) in [7, 11) is 1.15. The second-order valence-corrected chi connectivity index (χ2v) is 7.47.